The van der Waals surface area contributed by atoms with E-state index < -0.39 is 0 Å². The van der Waals surface area contributed by atoms with Gasteiger partial charge in [-0.25, -0.2) is 0 Å². The first kappa shape index (κ1) is 30.1. The topological polar surface area (TPSA) is 0 Å². The van der Waals surface area contributed by atoms with Crippen molar-refractivity contribution in [2.45, 2.75) is 105 Å². The molecule has 0 aliphatic carbocycles. The van der Waals surface area contributed by atoms with E-state index in [2.05, 4.69) is 168 Å². The fourth-order valence-corrected chi connectivity index (χ4v) is 6.81. The highest BCUT2D eigenvalue weighted by molar-refractivity contribution is 6.22. The van der Waals surface area contributed by atoms with E-state index in [1.807, 2.05) is 0 Å². The number of benzene rings is 5. The molecule has 0 unspecified atom stereocenters. The SMILES string of the molecule is CC(C)(C)c1cccc(C(C)(C)C)c1-c1c2ccccc2c(-c2c(C(C)(C)C)cccc2C(C)(C)C)c2ccccc12. The van der Waals surface area contributed by atoms with Crippen LogP contribution in [0.5, 0.6) is 0 Å². The summed E-state index contributed by atoms with van der Waals surface area (Å²) >= 11 is 0. The molecule has 0 aromatic heterocycles. The van der Waals surface area contributed by atoms with Crippen LogP contribution in [-0.2, 0) is 21.7 Å². The quantitative estimate of drug-likeness (QED) is 0.190. The Kier molecular flexibility index (Phi) is 7.25. The summed E-state index contributed by atoms with van der Waals surface area (Å²) in [6, 6.07) is 32.3. The van der Waals surface area contributed by atoms with Crippen molar-refractivity contribution in [1.82, 2.24) is 0 Å². The molecule has 5 aromatic rings. The van der Waals surface area contributed by atoms with Crippen LogP contribution in [0.15, 0.2) is 84.9 Å². The van der Waals surface area contributed by atoms with Crippen LogP contribution >= 0.6 is 0 Å². The second-order valence-electron chi connectivity index (χ2n) is 16.3. The second-order valence-corrected chi connectivity index (χ2v) is 16.3. The van der Waals surface area contributed by atoms with Crippen LogP contribution in [-0.4, -0.2) is 0 Å². The third-order valence-corrected chi connectivity index (χ3v) is 8.79. The minimum absolute atomic E-state index is 0.00426. The third-order valence-electron chi connectivity index (χ3n) is 8.79. The molecule has 0 radical (unpaired) electrons. The summed E-state index contributed by atoms with van der Waals surface area (Å²) < 4.78 is 0. The van der Waals surface area contributed by atoms with Crippen LogP contribution in [0, 0.1) is 0 Å². The van der Waals surface area contributed by atoms with Crippen LogP contribution in [0.3, 0.4) is 0 Å². The first-order valence-corrected chi connectivity index (χ1v) is 15.6. The van der Waals surface area contributed by atoms with Gasteiger partial charge in [-0.3, -0.25) is 0 Å². The van der Waals surface area contributed by atoms with Crippen molar-refractivity contribution in [3.63, 3.8) is 0 Å². The van der Waals surface area contributed by atoms with Gasteiger partial charge in [0.2, 0.25) is 0 Å². The van der Waals surface area contributed by atoms with Gasteiger partial charge in [0.1, 0.15) is 0 Å². The normalized spacial score (nSPS) is 13.2. The Morgan fingerprint density at radius 2 is 0.476 bits per heavy atom. The Morgan fingerprint density at radius 1 is 0.262 bits per heavy atom. The molecular weight excluding hydrogens is 504 g/mol. The van der Waals surface area contributed by atoms with Crippen molar-refractivity contribution in [3.05, 3.63) is 107 Å². The van der Waals surface area contributed by atoms with Crippen molar-refractivity contribution >= 4 is 21.5 Å². The molecular formula is C42H50. The lowest BCUT2D eigenvalue weighted by molar-refractivity contribution is 0.571. The Labute approximate surface area is 255 Å². The van der Waals surface area contributed by atoms with Gasteiger partial charge >= 0.3 is 0 Å². The van der Waals surface area contributed by atoms with E-state index in [0.717, 1.165) is 0 Å². The van der Waals surface area contributed by atoms with Gasteiger partial charge in [0.25, 0.3) is 0 Å². The molecule has 0 atom stereocenters. The molecule has 5 rings (SSSR count). The fourth-order valence-electron chi connectivity index (χ4n) is 6.81. The largest absolute Gasteiger partial charge is 0.0616 e. The zero-order valence-electron chi connectivity index (χ0n) is 28.1. The first-order chi connectivity index (χ1) is 19.4. The monoisotopic (exact) mass is 554 g/mol. The molecule has 0 N–H and O–H groups in total. The molecule has 0 amide bonds. The zero-order valence-corrected chi connectivity index (χ0v) is 28.1. The lowest BCUT2D eigenvalue weighted by atomic mass is 9.70. The molecule has 42 heavy (non-hydrogen) atoms. The average molecular weight is 555 g/mol. The van der Waals surface area contributed by atoms with Gasteiger partial charge in [0, 0.05) is 0 Å². The van der Waals surface area contributed by atoms with E-state index in [1.54, 1.807) is 0 Å². The van der Waals surface area contributed by atoms with Crippen LogP contribution in [0.25, 0.3) is 43.8 Å². The van der Waals surface area contributed by atoms with E-state index in [1.165, 1.54) is 66.1 Å². The summed E-state index contributed by atoms with van der Waals surface area (Å²) in [6.45, 7) is 28.2. The molecule has 218 valence electrons. The standard InChI is InChI=1S/C42H50/c1-39(2,3)31-23-17-24-32(40(4,5)6)37(31)35-27-19-13-15-21-29(27)36(30-22-16-14-20-28(30)35)38-33(41(7,8)9)25-18-26-34(38)42(10,11)12/h13-26H,1-12H3. The summed E-state index contributed by atoms with van der Waals surface area (Å²) in [7, 11) is 0. The predicted molar refractivity (Wildman–Crippen MR) is 187 cm³/mol. The lowest BCUT2D eigenvalue weighted by Gasteiger charge is -2.33. The first-order valence-electron chi connectivity index (χ1n) is 15.6. The van der Waals surface area contributed by atoms with Crippen LogP contribution < -0.4 is 0 Å². The lowest BCUT2D eigenvalue weighted by Crippen LogP contribution is -2.20. The Bertz CT molecular complexity index is 1530. The maximum absolute atomic E-state index is 2.36. The Morgan fingerprint density at radius 3 is 0.667 bits per heavy atom. The highest BCUT2D eigenvalue weighted by Gasteiger charge is 2.31. The van der Waals surface area contributed by atoms with Gasteiger partial charge < -0.3 is 0 Å². The minimum atomic E-state index is -0.00426. The highest BCUT2D eigenvalue weighted by Crippen LogP contribution is 2.51. The number of fused-ring (bicyclic) bond motifs is 2. The van der Waals surface area contributed by atoms with Crippen molar-refractivity contribution in [3.8, 4) is 22.3 Å². The molecule has 0 aliphatic heterocycles. The van der Waals surface area contributed by atoms with Crippen molar-refractivity contribution < 1.29 is 0 Å². The van der Waals surface area contributed by atoms with E-state index >= 15 is 0 Å². The van der Waals surface area contributed by atoms with Gasteiger partial charge in [0.05, 0.1) is 0 Å². The Balaban J connectivity index is 2.10. The third kappa shape index (κ3) is 5.19. The Hall–Kier alpha value is -3.38. The summed E-state index contributed by atoms with van der Waals surface area (Å²) in [6.07, 6.45) is 0. The average Bonchev–Trinajstić information content (AvgIpc) is 2.89. The van der Waals surface area contributed by atoms with Crippen molar-refractivity contribution in [1.29, 1.82) is 0 Å². The summed E-state index contributed by atoms with van der Waals surface area (Å²) in [5.41, 5.74) is 11.1. The highest BCUT2D eigenvalue weighted by atomic mass is 14.4. The van der Waals surface area contributed by atoms with Gasteiger partial charge in [-0.1, -0.05) is 168 Å². The number of hydrogen-bond donors (Lipinski definition) is 0. The van der Waals surface area contributed by atoms with Gasteiger partial charge in [-0.05, 0) is 87.7 Å². The van der Waals surface area contributed by atoms with E-state index in [-0.39, 0.29) is 21.7 Å². The molecule has 0 saturated heterocycles. The van der Waals surface area contributed by atoms with Gasteiger partial charge in [-0.2, -0.15) is 0 Å². The van der Waals surface area contributed by atoms with E-state index in [9.17, 15) is 0 Å². The van der Waals surface area contributed by atoms with E-state index in [0.29, 0.717) is 0 Å². The molecule has 0 aliphatic rings. The maximum atomic E-state index is 2.36. The fraction of sp³-hybridized carbons (Fsp3) is 0.381. The van der Waals surface area contributed by atoms with Gasteiger partial charge in [-0.15, -0.1) is 0 Å². The summed E-state index contributed by atoms with van der Waals surface area (Å²) in [4.78, 5) is 0. The van der Waals surface area contributed by atoms with Crippen LogP contribution in [0.1, 0.15) is 105 Å². The molecule has 0 spiro atoms. The summed E-state index contributed by atoms with van der Waals surface area (Å²) in [5, 5.41) is 5.32. The second kappa shape index (κ2) is 10.1. The number of rotatable bonds is 2. The van der Waals surface area contributed by atoms with Crippen molar-refractivity contribution in [2.24, 2.45) is 0 Å². The zero-order chi connectivity index (χ0) is 30.8. The molecule has 0 nitrogen and oxygen atoms in total. The maximum Gasteiger partial charge on any atom is -0.00204 e. The smallest absolute Gasteiger partial charge is 0.00204 e. The van der Waals surface area contributed by atoms with Crippen molar-refractivity contribution in [2.75, 3.05) is 0 Å². The van der Waals surface area contributed by atoms with E-state index in [4.69, 9.17) is 0 Å². The van der Waals surface area contributed by atoms with Crippen LogP contribution in [0.4, 0.5) is 0 Å². The molecule has 0 heterocycles. The molecule has 0 bridgehead atoms. The molecule has 5 aromatic carbocycles. The number of hydrogen-bond acceptors (Lipinski definition) is 0. The molecule has 0 saturated carbocycles. The van der Waals surface area contributed by atoms with Gasteiger partial charge in [0.15, 0.2) is 0 Å². The molecule has 0 fully saturated rings. The predicted octanol–water partition coefficient (Wildman–Crippen LogP) is 12.5. The minimum Gasteiger partial charge on any atom is -0.0616 e. The molecule has 0 heteroatoms. The van der Waals surface area contributed by atoms with Crippen LogP contribution in [0.2, 0.25) is 0 Å². The summed E-state index contributed by atoms with van der Waals surface area (Å²) in [5.74, 6) is 0.